The number of hydrogen-bond donors (Lipinski definition) is 2. The van der Waals surface area contributed by atoms with E-state index in [1.165, 1.54) is 0 Å². The number of nitrogens with zero attached hydrogens (tertiary/aromatic N) is 2. The van der Waals surface area contributed by atoms with Crippen LogP contribution in [-0.4, -0.2) is 28.8 Å². The molecule has 2 heterocycles. The zero-order valence-electron chi connectivity index (χ0n) is 8.27. The van der Waals surface area contributed by atoms with Gasteiger partial charge in [-0.1, -0.05) is 6.07 Å². The van der Waals surface area contributed by atoms with Crippen molar-refractivity contribution in [3.05, 3.63) is 23.9 Å². The zero-order chi connectivity index (χ0) is 10.2. The molecule has 1 aromatic heterocycles. The molecule has 0 bridgehead atoms. The van der Waals surface area contributed by atoms with Gasteiger partial charge in [0, 0.05) is 31.4 Å². The average Bonchev–Trinajstić information content (AvgIpc) is 2.14. The third-order valence-electron chi connectivity index (χ3n) is 2.45. The Morgan fingerprint density at radius 1 is 1.64 bits per heavy atom. The van der Waals surface area contributed by atoms with Crippen molar-refractivity contribution in [2.45, 2.75) is 19.1 Å². The van der Waals surface area contributed by atoms with Crippen LogP contribution in [0.1, 0.15) is 12.5 Å². The Hall–Kier alpha value is -1.13. The highest BCUT2D eigenvalue weighted by Crippen LogP contribution is 2.27. The van der Waals surface area contributed by atoms with Crippen LogP contribution in [0.25, 0.3) is 0 Å². The summed E-state index contributed by atoms with van der Waals surface area (Å²) < 4.78 is 0. The highest BCUT2D eigenvalue weighted by molar-refractivity contribution is 5.50. The largest absolute Gasteiger partial charge is 0.386 e. The quantitative estimate of drug-likeness (QED) is 0.700. The van der Waals surface area contributed by atoms with Crippen molar-refractivity contribution < 1.29 is 5.11 Å². The Morgan fingerprint density at radius 3 is 2.93 bits per heavy atom. The standard InChI is InChI=1S/C10H15N3O/c1-10(14)6-13(7-10)9-8(5-11)3-2-4-12-9/h2-4,14H,5-7,11H2,1H3. The molecule has 0 aromatic carbocycles. The minimum atomic E-state index is -0.566. The van der Waals surface area contributed by atoms with E-state index in [1.54, 1.807) is 6.20 Å². The van der Waals surface area contributed by atoms with Gasteiger partial charge in [0.2, 0.25) is 0 Å². The highest BCUT2D eigenvalue weighted by atomic mass is 16.3. The number of aliphatic hydroxyl groups is 1. The fourth-order valence-electron chi connectivity index (χ4n) is 1.80. The predicted octanol–water partition coefficient (Wildman–Crippen LogP) is 0.111. The molecule has 4 heteroatoms. The molecular weight excluding hydrogens is 178 g/mol. The molecular formula is C10H15N3O. The van der Waals surface area contributed by atoms with Crippen LogP contribution < -0.4 is 10.6 Å². The summed E-state index contributed by atoms with van der Waals surface area (Å²) in [6, 6.07) is 3.85. The highest BCUT2D eigenvalue weighted by Gasteiger charge is 2.37. The molecule has 0 atom stereocenters. The van der Waals surface area contributed by atoms with Crippen LogP contribution >= 0.6 is 0 Å². The van der Waals surface area contributed by atoms with Crippen molar-refractivity contribution in [1.82, 2.24) is 4.98 Å². The van der Waals surface area contributed by atoms with E-state index in [4.69, 9.17) is 5.73 Å². The topological polar surface area (TPSA) is 62.4 Å². The van der Waals surface area contributed by atoms with Crippen LogP contribution in [0.3, 0.4) is 0 Å². The summed E-state index contributed by atoms with van der Waals surface area (Å²) in [6.45, 7) is 3.59. The number of nitrogens with two attached hydrogens (primary N) is 1. The SMILES string of the molecule is CC1(O)CN(c2ncccc2CN)C1. The lowest BCUT2D eigenvalue weighted by atomic mass is 9.96. The third-order valence-corrected chi connectivity index (χ3v) is 2.45. The van der Waals surface area contributed by atoms with Crippen molar-refractivity contribution in [3.8, 4) is 0 Å². The van der Waals surface area contributed by atoms with Gasteiger partial charge in [-0.15, -0.1) is 0 Å². The van der Waals surface area contributed by atoms with Gasteiger partial charge in [0.05, 0.1) is 5.60 Å². The molecule has 3 N–H and O–H groups in total. The molecule has 1 fully saturated rings. The van der Waals surface area contributed by atoms with Gasteiger partial charge in [-0.25, -0.2) is 4.98 Å². The minimum Gasteiger partial charge on any atom is -0.386 e. The Labute approximate surface area is 83.4 Å². The fraction of sp³-hybridized carbons (Fsp3) is 0.500. The number of rotatable bonds is 2. The van der Waals surface area contributed by atoms with E-state index in [0.29, 0.717) is 19.6 Å². The van der Waals surface area contributed by atoms with Crippen molar-refractivity contribution in [3.63, 3.8) is 0 Å². The molecule has 0 saturated carbocycles. The summed E-state index contributed by atoms with van der Waals surface area (Å²) >= 11 is 0. The van der Waals surface area contributed by atoms with Crippen LogP contribution in [-0.2, 0) is 6.54 Å². The first-order chi connectivity index (χ1) is 6.62. The molecule has 1 aliphatic heterocycles. The Kier molecular flexibility index (Phi) is 2.17. The summed E-state index contributed by atoms with van der Waals surface area (Å²) in [5.74, 6) is 0.904. The summed E-state index contributed by atoms with van der Waals surface area (Å²) in [6.07, 6.45) is 1.75. The molecule has 76 valence electrons. The van der Waals surface area contributed by atoms with Crippen molar-refractivity contribution >= 4 is 5.82 Å². The van der Waals surface area contributed by atoms with Crippen LogP contribution in [0.5, 0.6) is 0 Å². The van der Waals surface area contributed by atoms with E-state index >= 15 is 0 Å². The monoisotopic (exact) mass is 193 g/mol. The minimum absolute atomic E-state index is 0.488. The zero-order valence-corrected chi connectivity index (χ0v) is 8.27. The van der Waals surface area contributed by atoms with Crippen LogP contribution in [0.4, 0.5) is 5.82 Å². The van der Waals surface area contributed by atoms with Crippen molar-refractivity contribution in [2.75, 3.05) is 18.0 Å². The molecule has 0 unspecified atom stereocenters. The molecule has 4 nitrogen and oxygen atoms in total. The number of pyridine rings is 1. The second kappa shape index (κ2) is 3.22. The van der Waals surface area contributed by atoms with E-state index in [0.717, 1.165) is 11.4 Å². The Balaban J connectivity index is 2.18. The molecule has 0 aliphatic carbocycles. The lowest BCUT2D eigenvalue weighted by Gasteiger charge is -2.45. The van der Waals surface area contributed by atoms with Gasteiger partial charge in [0.1, 0.15) is 5.82 Å². The fourth-order valence-corrected chi connectivity index (χ4v) is 1.80. The number of β-amino-alcohol motifs (C(OH)–C–C–N with tert-alkyl or cyclic N) is 1. The Bertz CT molecular complexity index is 330. The maximum atomic E-state index is 9.61. The van der Waals surface area contributed by atoms with E-state index in [9.17, 15) is 5.11 Å². The van der Waals surface area contributed by atoms with Gasteiger partial charge < -0.3 is 15.7 Å². The number of aromatic nitrogens is 1. The first-order valence-corrected chi connectivity index (χ1v) is 4.74. The number of anilines is 1. The van der Waals surface area contributed by atoms with Gasteiger partial charge in [-0.3, -0.25) is 0 Å². The van der Waals surface area contributed by atoms with E-state index in [2.05, 4.69) is 4.98 Å². The van der Waals surface area contributed by atoms with Gasteiger partial charge in [-0.2, -0.15) is 0 Å². The molecule has 14 heavy (non-hydrogen) atoms. The Morgan fingerprint density at radius 2 is 2.36 bits per heavy atom. The summed E-state index contributed by atoms with van der Waals surface area (Å²) in [5, 5.41) is 9.61. The van der Waals surface area contributed by atoms with Crippen LogP contribution in [0, 0.1) is 0 Å². The average molecular weight is 193 g/mol. The smallest absolute Gasteiger partial charge is 0.133 e. The number of hydrogen-bond acceptors (Lipinski definition) is 4. The molecule has 0 radical (unpaired) electrons. The molecule has 0 spiro atoms. The van der Waals surface area contributed by atoms with Crippen molar-refractivity contribution in [2.24, 2.45) is 5.73 Å². The van der Waals surface area contributed by atoms with Gasteiger partial charge in [0.25, 0.3) is 0 Å². The van der Waals surface area contributed by atoms with Crippen LogP contribution in [0.2, 0.25) is 0 Å². The van der Waals surface area contributed by atoms with Gasteiger partial charge in [0.15, 0.2) is 0 Å². The summed E-state index contributed by atoms with van der Waals surface area (Å²) in [4.78, 5) is 6.32. The molecule has 1 aromatic rings. The normalized spacial score (nSPS) is 19.2. The third kappa shape index (κ3) is 1.58. The van der Waals surface area contributed by atoms with Crippen molar-refractivity contribution in [1.29, 1.82) is 0 Å². The van der Waals surface area contributed by atoms with Gasteiger partial charge in [-0.05, 0) is 13.0 Å². The van der Waals surface area contributed by atoms with E-state index < -0.39 is 5.60 Å². The molecule has 1 aliphatic rings. The summed E-state index contributed by atoms with van der Waals surface area (Å²) in [5.41, 5.74) is 6.07. The lowest BCUT2D eigenvalue weighted by molar-refractivity contribution is 0.0304. The first kappa shape index (κ1) is 9.43. The summed E-state index contributed by atoms with van der Waals surface area (Å²) in [7, 11) is 0. The molecule has 0 amide bonds. The van der Waals surface area contributed by atoms with E-state index in [1.807, 2.05) is 24.0 Å². The predicted molar refractivity (Wildman–Crippen MR) is 55.0 cm³/mol. The molecule has 1 saturated heterocycles. The second-order valence-electron chi connectivity index (χ2n) is 4.04. The van der Waals surface area contributed by atoms with Gasteiger partial charge >= 0.3 is 0 Å². The van der Waals surface area contributed by atoms with E-state index in [-0.39, 0.29) is 0 Å². The maximum absolute atomic E-state index is 9.61. The maximum Gasteiger partial charge on any atom is 0.133 e. The second-order valence-corrected chi connectivity index (χ2v) is 4.04. The lowest BCUT2D eigenvalue weighted by Crippen LogP contribution is -2.60. The first-order valence-electron chi connectivity index (χ1n) is 4.74. The van der Waals surface area contributed by atoms with Crippen LogP contribution in [0.15, 0.2) is 18.3 Å². The molecule has 2 rings (SSSR count).